The van der Waals surface area contributed by atoms with Crippen molar-refractivity contribution in [3.05, 3.63) is 33.9 Å². The van der Waals surface area contributed by atoms with Gasteiger partial charge in [0.05, 0.1) is 37.8 Å². The molecule has 0 aliphatic heterocycles. The molecule has 0 aliphatic rings. The summed E-state index contributed by atoms with van der Waals surface area (Å²) in [7, 11) is 0. The van der Waals surface area contributed by atoms with Crippen LogP contribution in [0.3, 0.4) is 0 Å². The summed E-state index contributed by atoms with van der Waals surface area (Å²) in [5, 5.41) is 11.2. The third-order valence-corrected chi connectivity index (χ3v) is 3.62. The molecule has 30 heavy (non-hydrogen) atoms. The third kappa shape index (κ3) is 8.86. The van der Waals surface area contributed by atoms with Crippen LogP contribution in [0, 0.1) is 10.1 Å². The maximum Gasteiger partial charge on any atom is 0.344 e. The van der Waals surface area contributed by atoms with E-state index >= 15 is 0 Å². The Morgan fingerprint density at radius 3 is 1.97 bits per heavy atom. The normalized spacial score (nSPS) is 10.4. The molecule has 0 saturated heterocycles. The van der Waals surface area contributed by atoms with Gasteiger partial charge in [0, 0.05) is 24.2 Å². The van der Waals surface area contributed by atoms with Crippen LogP contribution in [0.25, 0.3) is 0 Å². The highest BCUT2D eigenvalue weighted by atomic mass is 16.6. The summed E-state index contributed by atoms with van der Waals surface area (Å²) in [5.41, 5.74) is 0.0998. The Labute approximate surface area is 174 Å². The quantitative estimate of drug-likeness (QED) is 0.197. The SMILES string of the molecule is CCOC(=O)COc1ccc([N+](=O)[O-])cc1CN(CC(=O)OCC)CC(=O)OCC. The number of ether oxygens (including phenoxy) is 4. The molecule has 0 aliphatic carbocycles. The van der Waals surface area contributed by atoms with Crippen molar-refractivity contribution in [2.45, 2.75) is 27.3 Å². The fraction of sp³-hybridized carbons (Fsp3) is 0.526. The first-order chi connectivity index (χ1) is 14.3. The van der Waals surface area contributed by atoms with Crippen LogP contribution >= 0.6 is 0 Å². The highest BCUT2D eigenvalue weighted by molar-refractivity contribution is 5.75. The molecule has 166 valence electrons. The lowest BCUT2D eigenvalue weighted by Gasteiger charge is -2.21. The van der Waals surface area contributed by atoms with Crippen molar-refractivity contribution < 1.29 is 38.3 Å². The standard InChI is InChI=1S/C19H26N2O9/c1-4-27-17(22)11-20(12-18(23)28-5-2)10-14-9-15(21(25)26)7-8-16(14)30-13-19(24)29-6-3/h7-9H,4-6,10-13H2,1-3H3. The van der Waals surface area contributed by atoms with Crippen LogP contribution in [0.5, 0.6) is 5.75 Å². The number of nitro groups is 1. The number of carbonyl (C=O) groups is 3. The minimum Gasteiger partial charge on any atom is -0.482 e. The van der Waals surface area contributed by atoms with Crippen LogP contribution in [0.15, 0.2) is 18.2 Å². The van der Waals surface area contributed by atoms with E-state index < -0.39 is 29.4 Å². The van der Waals surface area contributed by atoms with Crippen molar-refractivity contribution >= 4 is 23.6 Å². The van der Waals surface area contributed by atoms with Crippen LogP contribution < -0.4 is 4.74 Å². The van der Waals surface area contributed by atoms with Gasteiger partial charge in [0.15, 0.2) is 6.61 Å². The molecule has 1 aromatic carbocycles. The number of nitrogens with zero attached hydrogens (tertiary/aromatic N) is 2. The van der Waals surface area contributed by atoms with E-state index in [2.05, 4.69) is 0 Å². The number of nitro benzene ring substituents is 1. The minimum atomic E-state index is -0.600. The van der Waals surface area contributed by atoms with Gasteiger partial charge in [0.2, 0.25) is 0 Å². The molecule has 11 heteroatoms. The summed E-state index contributed by atoms with van der Waals surface area (Å²) in [4.78, 5) is 47.4. The molecular weight excluding hydrogens is 400 g/mol. The maximum absolute atomic E-state index is 11.9. The molecule has 0 heterocycles. The van der Waals surface area contributed by atoms with Crippen LogP contribution in [0.2, 0.25) is 0 Å². The zero-order chi connectivity index (χ0) is 22.5. The van der Waals surface area contributed by atoms with Crippen molar-refractivity contribution in [3.8, 4) is 5.75 Å². The van der Waals surface area contributed by atoms with Crippen LogP contribution in [-0.4, -0.2) is 67.2 Å². The molecule has 0 aromatic heterocycles. The Morgan fingerprint density at radius 1 is 0.933 bits per heavy atom. The van der Waals surface area contributed by atoms with E-state index in [0.29, 0.717) is 5.56 Å². The van der Waals surface area contributed by atoms with Gasteiger partial charge in [-0.05, 0) is 26.8 Å². The van der Waals surface area contributed by atoms with Crippen molar-refractivity contribution in [3.63, 3.8) is 0 Å². The summed E-state index contributed by atoms with van der Waals surface area (Å²) in [6.07, 6.45) is 0. The second-order valence-electron chi connectivity index (χ2n) is 5.90. The molecule has 0 N–H and O–H groups in total. The first-order valence-corrected chi connectivity index (χ1v) is 9.39. The molecule has 0 spiro atoms. The molecule has 0 amide bonds. The number of esters is 3. The fourth-order valence-corrected chi connectivity index (χ4v) is 2.47. The lowest BCUT2D eigenvalue weighted by atomic mass is 10.1. The zero-order valence-corrected chi connectivity index (χ0v) is 17.3. The second kappa shape index (κ2) is 13.1. The van der Waals surface area contributed by atoms with E-state index in [1.807, 2.05) is 0 Å². The number of hydrogen-bond acceptors (Lipinski definition) is 10. The lowest BCUT2D eigenvalue weighted by Crippen LogP contribution is -2.36. The van der Waals surface area contributed by atoms with Crippen molar-refractivity contribution in [1.29, 1.82) is 0 Å². The predicted molar refractivity (Wildman–Crippen MR) is 104 cm³/mol. The second-order valence-corrected chi connectivity index (χ2v) is 5.90. The van der Waals surface area contributed by atoms with Crippen LogP contribution in [0.4, 0.5) is 5.69 Å². The summed E-state index contributed by atoms with van der Waals surface area (Å²) in [6, 6.07) is 3.83. The monoisotopic (exact) mass is 426 g/mol. The molecule has 1 aromatic rings. The minimum absolute atomic E-state index is 0.0581. The number of benzene rings is 1. The summed E-state index contributed by atoms with van der Waals surface area (Å²) < 4.78 is 20.1. The highest BCUT2D eigenvalue weighted by Gasteiger charge is 2.21. The van der Waals surface area contributed by atoms with Gasteiger partial charge < -0.3 is 18.9 Å². The molecule has 0 radical (unpaired) electrons. The van der Waals surface area contributed by atoms with E-state index in [1.54, 1.807) is 20.8 Å². The summed E-state index contributed by atoms with van der Waals surface area (Å²) in [6.45, 7) is 4.52. The Bertz CT molecular complexity index is 732. The van der Waals surface area contributed by atoms with Gasteiger partial charge in [-0.15, -0.1) is 0 Å². The van der Waals surface area contributed by atoms with E-state index in [-0.39, 0.29) is 50.9 Å². The van der Waals surface area contributed by atoms with Gasteiger partial charge in [0.25, 0.3) is 5.69 Å². The van der Waals surface area contributed by atoms with E-state index in [4.69, 9.17) is 18.9 Å². The van der Waals surface area contributed by atoms with E-state index in [0.717, 1.165) is 0 Å². The van der Waals surface area contributed by atoms with Gasteiger partial charge in [-0.1, -0.05) is 0 Å². The van der Waals surface area contributed by atoms with E-state index in [9.17, 15) is 24.5 Å². The van der Waals surface area contributed by atoms with Gasteiger partial charge in [-0.2, -0.15) is 0 Å². The highest BCUT2D eigenvalue weighted by Crippen LogP contribution is 2.26. The largest absolute Gasteiger partial charge is 0.482 e. The van der Waals surface area contributed by atoms with Gasteiger partial charge in [0.1, 0.15) is 5.75 Å². The Morgan fingerprint density at radius 2 is 1.47 bits per heavy atom. The number of rotatable bonds is 13. The average Bonchev–Trinajstić information content (AvgIpc) is 2.67. The van der Waals surface area contributed by atoms with Crippen LogP contribution in [0.1, 0.15) is 26.3 Å². The van der Waals surface area contributed by atoms with Gasteiger partial charge >= 0.3 is 17.9 Å². The summed E-state index contributed by atoms with van der Waals surface area (Å²) >= 11 is 0. The van der Waals surface area contributed by atoms with Gasteiger partial charge in [-0.25, -0.2) is 4.79 Å². The lowest BCUT2D eigenvalue weighted by molar-refractivity contribution is -0.384. The first-order valence-electron chi connectivity index (χ1n) is 9.39. The number of non-ortho nitro benzene ring substituents is 1. The molecule has 0 bridgehead atoms. The first kappa shape index (κ1) is 24.8. The van der Waals surface area contributed by atoms with Crippen molar-refractivity contribution in [2.75, 3.05) is 39.5 Å². The molecule has 1 rings (SSSR count). The van der Waals surface area contributed by atoms with Crippen molar-refractivity contribution in [1.82, 2.24) is 4.90 Å². The Kier molecular flexibility index (Phi) is 10.8. The molecule has 0 fully saturated rings. The molecule has 0 unspecified atom stereocenters. The molecule has 0 atom stereocenters. The Hall–Kier alpha value is -3.21. The van der Waals surface area contributed by atoms with E-state index in [1.165, 1.54) is 23.1 Å². The van der Waals surface area contributed by atoms with Crippen molar-refractivity contribution in [2.24, 2.45) is 0 Å². The van der Waals surface area contributed by atoms with Gasteiger partial charge in [-0.3, -0.25) is 24.6 Å². The zero-order valence-electron chi connectivity index (χ0n) is 17.3. The molecule has 11 nitrogen and oxygen atoms in total. The topological polar surface area (TPSA) is 135 Å². The fourth-order valence-electron chi connectivity index (χ4n) is 2.47. The Balaban J connectivity index is 3.10. The predicted octanol–water partition coefficient (Wildman–Crippen LogP) is 1.46. The number of carbonyl (C=O) groups excluding carboxylic acids is 3. The number of hydrogen-bond donors (Lipinski definition) is 0. The smallest absolute Gasteiger partial charge is 0.344 e. The van der Waals surface area contributed by atoms with Crippen LogP contribution in [-0.2, 0) is 35.1 Å². The average molecular weight is 426 g/mol. The third-order valence-electron chi connectivity index (χ3n) is 3.62. The maximum atomic E-state index is 11.9. The molecular formula is C19H26N2O9. The summed E-state index contributed by atoms with van der Waals surface area (Å²) in [5.74, 6) is -1.55. The molecule has 0 saturated carbocycles.